The molecule has 0 aromatic carbocycles. The summed E-state index contributed by atoms with van der Waals surface area (Å²) in [6.45, 7) is 0.686. The molecule has 142 valence electrons. The molecule has 1 unspecified atom stereocenters. The molecular weight excluding hydrogens is 388 g/mol. The van der Waals surface area contributed by atoms with Crippen molar-refractivity contribution in [2.45, 2.75) is 46.5 Å². The number of aryl methyl sites for hydroxylation is 1. The van der Waals surface area contributed by atoms with Crippen LogP contribution in [-0.4, -0.2) is 45.5 Å². The maximum atomic E-state index is 12.4. The van der Waals surface area contributed by atoms with Crippen molar-refractivity contribution in [3.05, 3.63) is 30.2 Å². The fourth-order valence-corrected chi connectivity index (χ4v) is 5.78. The lowest BCUT2D eigenvalue weighted by molar-refractivity contribution is -0.137. The minimum Gasteiger partial charge on any atom is -0.481 e. The Bertz CT molecular complexity index is 1120. The van der Waals surface area contributed by atoms with Crippen LogP contribution in [0.3, 0.4) is 0 Å². The number of aliphatic carboxylic acids is 1. The standard InChI is InChI=1S/C17H18N4O4S2/c1-27(24,25)11-4-6-18-17-14(11)16(26-12-5-7-19-20-12)15-10(9-13(22)23)3-2-8-21(15)17/h4-7,10H,2-3,8-9H2,1H3,(H,19,20)(H,22,23). The van der Waals surface area contributed by atoms with Crippen LogP contribution in [0.2, 0.25) is 0 Å². The van der Waals surface area contributed by atoms with E-state index in [1.54, 1.807) is 12.3 Å². The van der Waals surface area contributed by atoms with Gasteiger partial charge in [0.05, 0.1) is 21.7 Å². The van der Waals surface area contributed by atoms with Gasteiger partial charge in [-0.25, -0.2) is 13.4 Å². The first-order chi connectivity index (χ1) is 12.9. The molecule has 4 heterocycles. The summed E-state index contributed by atoms with van der Waals surface area (Å²) >= 11 is 1.37. The topological polar surface area (TPSA) is 118 Å². The van der Waals surface area contributed by atoms with Gasteiger partial charge in [0.2, 0.25) is 0 Å². The highest BCUT2D eigenvalue weighted by Gasteiger charge is 2.32. The molecular formula is C17H18N4O4S2. The molecule has 8 nitrogen and oxygen atoms in total. The fourth-order valence-electron chi connectivity index (χ4n) is 3.71. The van der Waals surface area contributed by atoms with Crippen molar-refractivity contribution in [2.24, 2.45) is 0 Å². The largest absolute Gasteiger partial charge is 0.481 e. The third-order valence-electron chi connectivity index (χ3n) is 4.73. The van der Waals surface area contributed by atoms with E-state index >= 15 is 0 Å². The van der Waals surface area contributed by atoms with Gasteiger partial charge >= 0.3 is 5.97 Å². The monoisotopic (exact) mass is 406 g/mol. The summed E-state index contributed by atoms with van der Waals surface area (Å²) in [4.78, 5) is 16.8. The average molecular weight is 406 g/mol. The van der Waals surface area contributed by atoms with E-state index in [9.17, 15) is 18.3 Å². The van der Waals surface area contributed by atoms with Gasteiger partial charge in [-0.2, -0.15) is 5.10 Å². The second kappa shape index (κ2) is 6.68. The summed E-state index contributed by atoms with van der Waals surface area (Å²) in [5, 5.41) is 17.5. The van der Waals surface area contributed by atoms with Gasteiger partial charge in [-0.05, 0) is 25.0 Å². The first kappa shape index (κ1) is 18.1. The lowest BCUT2D eigenvalue weighted by Gasteiger charge is -2.25. The Hall–Kier alpha value is -2.33. The number of H-pyrrole nitrogens is 1. The second-order valence-corrected chi connectivity index (χ2v) is 9.64. The molecule has 0 saturated heterocycles. The maximum Gasteiger partial charge on any atom is 0.304 e. The Kier molecular flexibility index (Phi) is 4.47. The van der Waals surface area contributed by atoms with Gasteiger partial charge in [-0.15, -0.1) is 0 Å². The van der Waals surface area contributed by atoms with Crippen LogP contribution in [0.15, 0.2) is 39.3 Å². The number of fused-ring (bicyclic) bond motifs is 3. The van der Waals surface area contributed by atoms with Crippen LogP contribution in [-0.2, 0) is 21.2 Å². The Labute approximate surface area is 159 Å². The Morgan fingerprint density at radius 1 is 1.41 bits per heavy atom. The van der Waals surface area contributed by atoms with Crippen LogP contribution in [0, 0.1) is 0 Å². The van der Waals surface area contributed by atoms with E-state index in [1.165, 1.54) is 30.3 Å². The minimum absolute atomic E-state index is 0.00106. The molecule has 1 aliphatic rings. The molecule has 0 saturated carbocycles. The number of nitrogens with one attached hydrogen (secondary N) is 1. The van der Waals surface area contributed by atoms with E-state index in [1.807, 2.05) is 4.57 Å². The van der Waals surface area contributed by atoms with Crippen molar-refractivity contribution in [2.75, 3.05) is 6.26 Å². The molecule has 10 heteroatoms. The van der Waals surface area contributed by atoms with Gasteiger partial charge in [0.15, 0.2) is 9.84 Å². The molecule has 0 amide bonds. The SMILES string of the molecule is CS(=O)(=O)c1ccnc2c1c(Sc1ccn[nH]1)c1n2CCCC1CC(=O)O. The predicted octanol–water partition coefficient (Wildman–Crippen LogP) is 2.67. The van der Waals surface area contributed by atoms with E-state index in [0.29, 0.717) is 17.6 Å². The normalized spacial score (nSPS) is 17.1. The van der Waals surface area contributed by atoms with E-state index in [-0.39, 0.29) is 17.2 Å². The molecule has 0 fully saturated rings. The molecule has 0 spiro atoms. The third kappa shape index (κ3) is 3.23. The van der Waals surface area contributed by atoms with Crippen LogP contribution in [0.5, 0.6) is 0 Å². The number of carboxylic acid groups (broad SMARTS) is 1. The van der Waals surface area contributed by atoms with Gasteiger partial charge in [-0.1, -0.05) is 11.8 Å². The van der Waals surface area contributed by atoms with Crippen LogP contribution in [0.1, 0.15) is 30.9 Å². The molecule has 0 radical (unpaired) electrons. The third-order valence-corrected chi connectivity index (χ3v) is 6.93. The number of aromatic amines is 1. The second-order valence-electron chi connectivity index (χ2n) is 6.61. The summed E-state index contributed by atoms with van der Waals surface area (Å²) in [6, 6.07) is 3.30. The molecule has 0 aliphatic carbocycles. The van der Waals surface area contributed by atoms with E-state index in [4.69, 9.17) is 0 Å². The number of hydrogen-bond acceptors (Lipinski definition) is 6. The molecule has 3 aromatic heterocycles. The number of nitrogens with zero attached hydrogens (tertiary/aromatic N) is 3. The lowest BCUT2D eigenvalue weighted by atomic mass is 9.93. The van der Waals surface area contributed by atoms with Crippen LogP contribution in [0.4, 0.5) is 0 Å². The highest BCUT2D eigenvalue weighted by Crippen LogP contribution is 2.46. The summed E-state index contributed by atoms with van der Waals surface area (Å²) in [5.41, 5.74) is 1.44. The number of hydrogen-bond donors (Lipinski definition) is 2. The minimum atomic E-state index is -3.48. The Morgan fingerprint density at radius 2 is 2.22 bits per heavy atom. The van der Waals surface area contributed by atoms with Crippen molar-refractivity contribution >= 4 is 38.6 Å². The first-order valence-corrected chi connectivity index (χ1v) is 11.2. The summed E-state index contributed by atoms with van der Waals surface area (Å²) in [5.74, 6) is -1.06. The number of sulfone groups is 1. The van der Waals surface area contributed by atoms with E-state index in [0.717, 1.165) is 28.5 Å². The van der Waals surface area contributed by atoms with Gasteiger partial charge in [0.1, 0.15) is 5.65 Å². The lowest BCUT2D eigenvalue weighted by Crippen LogP contribution is -2.18. The summed E-state index contributed by atoms with van der Waals surface area (Å²) in [7, 11) is -3.48. The highest BCUT2D eigenvalue weighted by molar-refractivity contribution is 7.99. The quantitative estimate of drug-likeness (QED) is 0.669. The summed E-state index contributed by atoms with van der Waals surface area (Å²) < 4.78 is 26.8. The predicted molar refractivity (Wildman–Crippen MR) is 99.8 cm³/mol. The zero-order chi connectivity index (χ0) is 19.2. The molecule has 0 bridgehead atoms. The van der Waals surface area contributed by atoms with Gasteiger partial charge in [-0.3, -0.25) is 9.89 Å². The van der Waals surface area contributed by atoms with E-state index in [2.05, 4.69) is 15.2 Å². The number of rotatable bonds is 5. The van der Waals surface area contributed by atoms with Crippen LogP contribution in [0.25, 0.3) is 11.0 Å². The average Bonchev–Trinajstić information content (AvgIpc) is 3.21. The van der Waals surface area contributed by atoms with Crippen molar-refractivity contribution in [3.8, 4) is 0 Å². The molecule has 27 heavy (non-hydrogen) atoms. The highest BCUT2D eigenvalue weighted by atomic mass is 32.2. The van der Waals surface area contributed by atoms with Crippen LogP contribution < -0.4 is 0 Å². The van der Waals surface area contributed by atoms with Gasteiger partial charge in [0.25, 0.3) is 0 Å². The number of carbonyl (C=O) groups is 1. The van der Waals surface area contributed by atoms with Crippen molar-refractivity contribution < 1.29 is 18.3 Å². The zero-order valence-corrected chi connectivity index (χ0v) is 16.2. The molecule has 4 rings (SSSR count). The molecule has 3 aromatic rings. The van der Waals surface area contributed by atoms with Crippen molar-refractivity contribution in [3.63, 3.8) is 0 Å². The van der Waals surface area contributed by atoms with Crippen molar-refractivity contribution in [1.82, 2.24) is 19.7 Å². The fraction of sp³-hybridized carbons (Fsp3) is 0.353. The smallest absolute Gasteiger partial charge is 0.304 e. The molecule has 1 aliphatic heterocycles. The molecule has 2 N–H and O–H groups in total. The zero-order valence-electron chi connectivity index (χ0n) is 14.5. The number of carboxylic acids is 1. The van der Waals surface area contributed by atoms with E-state index < -0.39 is 15.8 Å². The van der Waals surface area contributed by atoms with Gasteiger partial charge in [0, 0.05) is 41.7 Å². The first-order valence-electron chi connectivity index (χ1n) is 8.46. The maximum absolute atomic E-state index is 12.4. The van der Waals surface area contributed by atoms with Crippen molar-refractivity contribution in [1.29, 1.82) is 0 Å². The Balaban J connectivity index is 2.04. The van der Waals surface area contributed by atoms with Crippen LogP contribution >= 0.6 is 11.8 Å². The Morgan fingerprint density at radius 3 is 2.89 bits per heavy atom. The number of pyridine rings is 1. The summed E-state index contributed by atoms with van der Waals surface area (Å²) in [6.07, 6.45) is 5.87. The van der Waals surface area contributed by atoms with Gasteiger partial charge < -0.3 is 9.67 Å². The molecule has 1 atom stereocenters. The number of aromatic nitrogens is 4.